The van der Waals surface area contributed by atoms with Crippen molar-refractivity contribution in [3.8, 4) is 0 Å². The summed E-state index contributed by atoms with van der Waals surface area (Å²) < 4.78 is 6.62. The van der Waals surface area contributed by atoms with Crippen molar-refractivity contribution in [2.24, 2.45) is 7.05 Å². The summed E-state index contributed by atoms with van der Waals surface area (Å²) in [5, 5.41) is 6.01. The van der Waals surface area contributed by atoms with Gasteiger partial charge in [0.05, 0.1) is 11.4 Å². The second-order valence-corrected chi connectivity index (χ2v) is 4.66. The molecule has 0 radical (unpaired) electrons. The van der Waals surface area contributed by atoms with Crippen LogP contribution in [0.25, 0.3) is 0 Å². The Morgan fingerprint density at radius 2 is 2.41 bits per heavy atom. The van der Waals surface area contributed by atoms with Crippen LogP contribution in [-0.4, -0.2) is 15.7 Å². The highest BCUT2D eigenvalue weighted by molar-refractivity contribution is 7.09. The number of carbonyl (C=O) groups is 1. The monoisotopic (exact) mass is 251 g/mol. The molecule has 6 heteroatoms. The van der Waals surface area contributed by atoms with Crippen LogP contribution in [0.15, 0.2) is 17.5 Å². The molecule has 0 spiro atoms. The molecule has 0 aliphatic carbocycles. The number of ether oxygens (including phenoxy) is 1. The molecule has 0 fully saturated rings. The fourth-order valence-corrected chi connectivity index (χ4v) is 2.13. The molecule has 0 unspecified atom stereocenters. The van der Waals surface area contributed by atoms with Gasteiger partial charge in [0.15, 0.2) is 5.69 Å². The quantitative estimate of drug-likeness (QED) is 0.843. The third-order valence-electron chi connectivity index (χ3n) is 2.39. The maximum Gasteiger partial charge on any atom is 0.359 e. The maximum atomic E-state index is 11.8. The third-order valence-corrected chi connectivity index (χ3v) is 3.24. The number of hydrogen-bond donors (Lipinski definition) is 1. The summed E-state index contributed by atoms with van der Waals surface area (Å²) in [7, 11) is 1.67. The molecular weight excluding hydrogens is 238 g/mol. The van der Waals surface area contributed by atoms with Gasteiger partial charge in [-0.15, -0.1) is 11.3 Å². The summed E-state index contributed by atoms with van der Waals surface area (Å²) in [5.41, 5.74) is 7.09. The van der Waals surface area contributed by atoms with E-state index in [1.165, 1.54) is 4.68 Å². The van der Waals surface area contributed by atoms with E-state index < -0.39 is 5.97 Å². The number of aryl methyl sites for hydroxylation is 2. The Morgan fingerprint density at radius 1 is 1.65 bits per heavy atom. The molecule has 17 heavy (non-hydrogen) atoms. The molecule has 2 heterocycles. The smallest absolute Gasteiger partial charge is 0.359 e. The lowest BCUT2D eigenvalue weighted by atomic mass is 10.3. The van der Waals surface area contributed by atoms with Crippen LogP contribution in [-0.2, 0) is 18.4 Å². The van der Waals surface area contributed by atoms with Gasteiger partial charge in [0.25, 0.3) is 0 Å². The number of aromatic nitrogens is 2. The summed E-state index contributed by atoms with van der Waals surface area (Å²) >= 11 is 1.54. The van der Waals surface area contributed by atoms with Gasteiger partial charge in [-0.05, 0) is 18.4 Å². The van der Waals surface area contributed by atoms with E-state index in [1.807, 2.05) is 17.5 Å². The Morgan fingerprint density at radius 3 is 2.94 bits per heavy atom. The molecule has 0 amide bonds. The molecule has 0 atom stereocenters. The van der Waals surface area contributed by atoms with Crippen LogP contribution in [0.3, 0.4) is 0 Å². The number of rotatable bonds is 3. The molecule has 2 rings (SSSR count). The number of hydrogen-bond acceptors (Lipinski definition) is 5. The van der Waals surface area contributed by atoms with Gasteiger partial charge in [0.2, 0.25) is 0 Å². The van der Waals surface area contributed by atoms with Gasteiger partial charge < -0.3 is 10.5 Å². The van der Waals surface area contributed by atoms with Crippen LogP contribution >= 0.6 is 11.3 Å². The maximum absolute atomic E-state index is 11.8. The van der Waals surface area contributed by atoms with E-state index in [-0.39, 0.29) is 6.61 Å². The van der Waals surface area contributed by atoms with Crippen molar-refractivity contribution in [1.82, 2.24) is 9.78 Å². The highest BCUT2D eigenvalue weighted by Crippen LogP contribution is 2.17. The van der Waals surface area contributed by atoms with Crippen LogP contribution in [0, 0.1) is 6.92 Å². The van der Waals surface area contributed by atoms with Gasteiger partial charge >= 0.3 is 5.97 Å². The van der Waals surface area contributed by atoms with E-state index in [4.69, 9.17) is 10.5 Å². The Balaban J connectivity index is 2.10. The lowest BCUT2D eigenvalue weighted by Gasteiger charge is -2.04. The Labute approximate surface area is 103 Å². The SMILES string of the molecule is Cc1nn(C)c(C(=O)OCc2cccs2)c1N. The van der Waals surface area contributed by atoms with E-state index >= 15 is 0 Å². The summed E-state index contributed by atoms with van der Waals surface area (Å²) in [6.07, 6.45) is 0. The van der Waals surface area contributed by atoms with E-state index in [0.29, 0.717) is 17.1 Å². The fraction of sp³-hybridized carbons (Fsp3) is 0.273. The number of anilines is 1. The lowest BCUT2D eigenvalue weighted by Crippen LogP contribution is -2.12. The molecule has 0 aliphatic rings. The van der Waals surface area contributed by atoms with Crippen molar-refractivity contribution < 1.29 is 9.53 Å². The highest BCUT2D eigenvalue weighted by Gasteiger charge is 2.19. The second kappa shape index (κ2) is 4.58. The van der Waals surface area contributed by atoms with Crippen molar-refractivity contribution in [2.75, 3.05) is 5.73 Å². The molecule has 0 bridgehead atoms. The molecule has 2 aromatic heterocycles. The first-order valence-corrected chi connectivity index (χ1v) is 5.96. The zero-order valence-corrected chi connectivity index (χ0v) is 10.5. The molecule has 2 aromatic rings. The highest BCUT2D eigenvalue weighted by atomic mass is 32.1. The first-order valence-electron chi connectivity index (χ1n) is 5.08. The molecule has 90 valence electrons. The molecule has 0 aliphatic heterocycles. The van der Waals surface area contributed by atoms with Crippen molar-refractivity contribution in [3.63, 3.8) is 0 Å². The zero-order chi connectivity index (χ0) is 12.4. The average molecular weight is 251 g/mol. The van der Waals surface area contributed by atoms with E-state index in [0.717, 1.165) is 4.88 Å². The second-order valence-electron chi connectivity index (χ2n) is 3.63. The fourth-order valence-electron chi connectivity index (χ4n) is 1.52. The Kier molecular flexibility index (Phi) is 3.14. The standard InChI is InChI=1S/C11H13N3O2S/c1-7-9(12)10(14(2)13-7)11(15)16-6-8-4-3-5-17-8/h3-5H,6,12H2,1-2H3. The molecule has 0 saturated heterocycles. The average Bonchev–Trinajstić information content (AvgIpc) is 2.86. The molecule has 2 N–H and O–H groups in total. The molecule has 0 saturated carbocycles. The van der Waals surface area contributed by atoms with Crippen LogP contribution < -0.4 is 5.73 Å². The predicted molar refractivity (Wildman–Crippen MR) is 65.8 cm³/mol. The van der Waals surface area contributed by atoms with Gasteiger partial charge in [-0.3, -0.25) is 4.68 Å². The number of carbonyl (C=O) groups excluding carboxylic acids is 1. The van der Waals surface area contributed by atoms with Gasteiger partial charge in [0.1, 0.15) is 6.61 Å². The van der Waals surface area contributed by atoms with Gasteiger partial charge in [-0.2, -0.15) is 5.10 Å². The number of nitrogens with two attached hydrogens (primary N) is 1. The minimum Gasteiger partial charge on any atom is -0.455 e. The van der Waals surface area contributed by atoms with Crippen LogP contribution in [0.5, 0.6) is 0 Å². The normalized spacial score (nSPS) is 10.5. The number of thiophene rings is 1. The minimum absolute atomic E-state index is 0.264. The van der Waals surface area contributed by atoms with Crippen molar-refractivity contribution in [1.29, 1.82) is 0 Å². The van der Waals surface area contributed by atoms with Crippen molar-refractivity contribution >= 4 is 23.0 Å². The Hall–Kier alpha value is -1.82. The van der Waals surface area contributed by atoms with Gasteiger partial charge in [-0.1, -0.05) is 6.07 Å². The summed E-state index contributed by atoms with van der Waals surface area (Å²) in [5.74, 6) is -0.445. The molecule has 5 nitrogen and oxygen atoms in total. The van der Waals surface area contributed by atoms with Crippen molar-refractivity contribution in [3.05, 3.63) is 33.8 Å². The van der Waals surface area contributed by atoms with Crippen LogP contribution in [0.4, 0.5) is 5.69 Å². The van der Waals surface area contributed by atoms with Gasteiger partial charge in [-0.25, -0.2) is 4.79 Å². The first-order chi connectivity index (χ1) is 8.09. The number of nitrogens with zero attached hydrogens (tertiary/aromatic N) is 2. The van der Waals surface area contributed by atoms with E-state index in [2.05, 4.69) is 5.10 Å². The topological polar surface area (TPSA) is 70.1 Å². The predicted octanol–water partition coefficient (Wildman–Crippen LogP) is 1.73. The molecule has 0 aromatic carbocycles. The summed E-state index contributed by atoms with van der Waals surface area (Å²) in [6.45, 7) is 2.02. The first kappa shape index (κ1) is 11.7. The lowest BCUT2D eigenvalue weighted by molar-refractivity contribution is 0.0465. The summed E-state index contributed by atoms with van der Waals surface area (Å²) in [6, 6.07) is 3.83. The number of nitrogen functional groups attached to an aromatic ring is 1. The zero-order valence-electron chi connectivity index (χ0n) is 9.64. The minimum atomic E-state index is -0.445. The number of esters is 1. The van der Waals surface area contributed by atoms with E-state index in [9.17, 15) is 4.79 Å². The molecular formula is C11H13N3O2S. The van der Waals surface area contributed by atoms with Gasteiger partial charge in [0, 0.05) is 11.9 Å². The van der Waals surface area contributed by atoms with Crippen LogP contribution in [0.2, 0.25) is 0 Å². The third kappa shape index (κ3) is 2.31. The Bertz CT molecular complexity index is 531. The van der Waals surface area contributed by atoms with E-state index in [1.54, 1.807) is 25.3 Å². The largest absolute Gasteiger partial charge is 0.455 e. The van der Waals surface area contributed by atoms with Crippen molar-refractivity contribution in [2.45, 2.75) is 13.5 Å². The van der Waals surface area contributed by atoms with Crippen LogP contribution in [0.1, 0.15) is 21.1 Å². The summed E-state index contributed by atoms with van der Waals surface area (Å²) in [4.78, 5) is 12.8.